The second-order valence-electron chi connectivity index (χ2n) is 2.07. The molecular weight excluding hydrogens is 335 g/mol. The van der Waals surface area contributed by atoms with Gasteiger partial charge in [0, 0.05) is 0 Å². The van der Waals surface area contributed by atoms with Crippen LogP contribution in [0.1, 0.15) is 0 Å². The molecule has 1 aromatic rings. The van der Waals surface area contributed by atoms with Crippen molar-refractivity contribution in [3.05, 3.63) is 18.2 Å². The van der Waals surface area contributed by atoms with E-state index in [-0.39, 0.29) is 0 Å². The van der Waals surface area contributed by atoms with E-state index < -0.39 is 0 Å². The van der Waals surface area contributed by atoms with Crippen LogP contribution in [-0.2, 0) is 0 Å². The van der Waals surface area contributed by atoms with E-state index in [4.69, 9.17) is 9.47 Å². The minimum atomic E-state index is 0.899. The molecule has 0 saturated carbocycles. The Bertz CT molecular complexity index is 248. The minimum absolute atomic E-state index is 0.899. The van der Waals surface area contributed by atoms with Crippen LogP contribution in [-0.4, -0.2) is 40.0 Å². The van der Waals surface area contributed by atoms with Crippen molar-refractivity contribution in [3.63, 3.8) is 0 Å². The first-order valence-corrected chi connectivity index (χ1v) is 5.16. The van der Waals surface area contributed by atoms with Gasteiger partial charge in [0.05, 0.1) is 0 Å². The van der Waals surface area contributed by atoms with Gasteiger partial charge in [0.25, 0.3) is 0 Å². The number of hydrogen-bond donors (Lipinski definition) is 0. The van der Waals surface area contributed by atoms with Crippen molar-refractivity contribution in [2.75, 3.05) is 14.2 Å². The van der Waals surface area contributed by atoms with Crippen LogP contribution in [0.3, 0.4) is 0 Å². The van der Waals surface area contributed by atoms with Crippen molar-refractivity contribution in [1.29, 1.82) is 0 Å². The molecule has 0 spiro atoms. The summed E-state index contributed by atoms with van der Waals surface area (Å²) < 4.78 is 11.4. The summed E-state index contributed by atoms with van der Waals surface area (Å²) in [6.45, 7) is 0. The van der Waals surface area contributed by atoms with Crippen molar-refractivity contribution in [2.24, 2.45) is 0 Å². The summed E-state index contributed by atoms with van der Waals surface area (Å²) >= 11 is 0.983. The van der Waals surface area contributed by atoms with Crippen molar-refractivity contribution < 1.29 is 9.47 Å². The molecule has 0 saturated heterocycles. The van der Waals surface area contributed by atoms with Crippen LogP contribution in [0, 0.1) is 0 Å². The average Bonchev–Trinajstić information content (AvgIpc) is 2.04. The second-order valence-corrected chi connectivity index (χ2v) is 4.16. The molecule has 0 heterocycles. The maximum atomic E-state index is 5.12. The number of hydrogen-bond acceptors (Lipinski definition) is 2. The second kappa shape index (κ2) is 3.94. The zero-order chi connectivity index (χ0) is 8.27. The molecule has 0 bridgehead atoms. The zero-order valence-corrected chi connectivity index (χ0v) is 10.4. The average molecular weight is 344 g/mol. The van der Waals surface area contributed by atoms with Crippen LogP contribution in [0.15, 0.2) is 18.2 Å². The van der Waals surface area contributed by atoms with E-state index in [9.17, 15) is 0 Å². The zero-order valence-electron chi connectivity index (χ0n) is 6.55. The molecule has 3 radical (unpaired) electrons. The predicted octanol–water partition coefficient (Wildman–Crippen LogP) is 0.498. The van der Waals surface area contributed by atoms with E-state index in [1.165, 1.54) is 3.12 Å². The van der Waals surface area contributed by atoms with E-state index in [0.29, 0.717) is 0 Å². The Balaban J connectivity index is 2.99. The van der Waals surface area contributed by atoms with Gasteiger partial charge < -0.3 is 0 Å². The van der Waals surface area contributed by atoms with Gasteiger partial charge in [0.2, 0.25) is 0 Å². The van der Waals surface area contributed by atoms with E-state index >= 15 is 0 Å². The number of methoxy groups -OCH3 is 2. The summed E-state index contributed by atoms with van der Waals surface area (Å²) in [7, 11) is 3.35. The molecular formula is C8H9O2Pb. The summed E-state index contributed by atoms with van der Waals surface area (Å²) in [6.07, 6.45) is 0. The van der Waals surface area contributed by atoms with Gasteiger partial charge in [-0.25, -0.2) is 0 Å². The third-order valence-corrected chi connectivity index (χ3v) is 2.93. The molecule has 0 amide bonds. The molecule has 11 heavy (non-hydrogen) atoms. The fourth-order valence-electron chi connectivity index (χ4n) is 0.814. The van der Waals surface area contributed by atoms with Crippen LogP contribution in [0.25, 0.3) is 0 Å². The van der Waals surface area contributed by atoms with Gasteiger partial charge in [-0.3, -0.25) is 0 Å². The van der Waals surface area contributed by atoms with Crippen LogP contribution >= 0.6 is 0 Å². The molecule has 0 aromatic heterocycles. The molecule has 0 atom stereocenters. The van der Waals surface area contributed by atoms with Gasteiger partial charge in [-0.1, -0.05) is 0 Å². The standard InChI is InChI=1S/C8H9O2.Pb/c1-9-7-3-5-8(10-2)6-4-7;/h3-5H,1-2H3;. The molecule has 0 aliphatic carbocycles. The van der Waals surface area contributed by atoms with Gasteiger partial charge in [-0.05, 0) is 0 Å². The maximum absolute atomic E-state index is 5.12. The van der Waals surface area contributed by atoms with Crippen molar-refractivity contribution in [2.45, 2.75) is 0 Å². The van der Waals surface area contributed by atoms with Crippen LogP contribution in [0.5, 0.6) is 11.5 Å². The Morgan fingerprint density at radius 2 is 1.91 bits per heavy atom. The van der Waals surface area contributed by atoms with E-state index in [1.807, 2.05) is 18.2 Å². The van der Waals surface area contributed by atoms with Gasteiger partial charge in [0.15, 0.2) is 0 Å². The SMILES string of the molecule is COc1ccc(OC)[c]([Pb])c1. The number of ether oxygens (including phenoxy) is 2. The third-order valence-electron chi connectivity index (χ3n) is 1.41. The molecule has 0 N–H and O–H groups in total. The molecule has 0 aliphatic rings. The Labute approximate surface area is 82.2 Å². The van der Waals surface area contributed by atoms with Crippen molar-refractivity contribution >= 4 is 28.9 Å². The molecule has 0 unspecified atom stereocenters. The topological polar surface area (TPSA) is 18.5 Å². The third kappa shape index (κ3) is 2.08. The molecule has 1 rings (SSSR count). The normalized spacial score (nSPS) is 9.36. The predicted molar refractivity (Wildman–Crippen MR) is 44.9 cm³/mol. The first kappa shape index (κ1) is 8.84. The number of rotatable bonds is 2. The molecule has 0 fully saturated rings. The Morgan fingerprint density at radius 1 is 1.18 bits per heavy atom. The van der Waals surface area contributed by atoms with Crippen molar-refractivity contribution in [3.8, 4) is 11.5 Å². The first-order valence-electron chi connectivity index (χ1n) is 3.21. The van der Waals surface area contributed by atoms with Crippen LogP contribution in [0.2, 0.25) is 0 Å². The van der Waals surface area contributed by atoms with Gasteiger partial charge in [-0.15, -0.1) is 0 Å². The molecule has 0 aliphatic heterocycles. The van der Waals surface area contributed by atoms with Crippen LogP contribution < -0.4 is 12.6 Å². The first-order chi connectivity index (χ1) is 5.27. The van der Waals surface area contributed by atoms with Gasteiger partial charge >= 0.3 is 82.3 Å². The molecule has 57 valence electrons. The Kier molecular flexibility index (Phi) is 3.17. The fourth-order valence-corrected chi connectivity index (χ4v) is 2.09. The van der Waals surface area contributed by atoms with E-state index in [2.05, 4.69) is 0 Å². The monoisotopic (exact) mass is 345 g/mol. The summed E-state index contributed by atoms with van der Waals surface area (Å²) in [5.41, 5.74) is 0. The summed E-state index contributed by atoms with van der Waals surface area (Å²) in [5.74, 6) is 1.85. The number of benzene rings is 1. The molecule has 2 nitrogen and oxygen atoms in total. The quantitative estimate of drug-likeness (QED) is 0.728. The molecule has 3 heteroatoms. The van der Waals surface area contributed by atoms with E-state index in [1.54, 1.807) is 14.2 Å². The van der Waals surface area contributed by atoms with Crippen molar-refractivity contribution in [1.82, 2.24) is 0 Å². The summed E-state index contributed by atoms with van der Waals surface area (Å²) in [4.78, 5) is 0. The van der Waals surface area contributed by atoms with Gasteiger partial charge in [0.1, 0.15) is 0 Å². The fraction of sp³-hybridized carbons (Fsp3) is 0.250. The Morgan fingerprint density at radius 3 is 2.36 bits per heavy atom. The summed E-state index contributed by atoms with van der Waals surface area (Å²) in [5, 5.41) is 0. The Hall–Kier alpha value is -0.258. The van der Waals surface area contributed by atoms with E-state index in [0.717, 1.165) is 37.3 Å². The molecule has 1 aromatic carbocycles. The summed E-state index contributed by atoms with van der Waals surface area (Å²) in [6, 6.07) is 5.84. The van der Waals surface area contributed by atoms with Gasteiger partial charge in [-0.2, -0.15) is 0 Å². The van der Waals surface area contributed by atoms with Crippen LogP contribution in [0.4, 0.5) is 0 Å².